The molecule has 1 aliphatic heterocycles. The van der Waals surface area contributed by atoms with Crippen LogP contribution in [0.1, 0.15) is 30.8 Å². The second-order valence-corrected chi connectivity index (χ2v) is 6.01. The number of aromatic nitrogens is 1. The van der Waals surface area contributed by atoms with Gasteiger partial charge in [0.25, 0.3) is 5.91 Å². The summed E-state index contributed by atoms with van der Waals surface area (Å²) in [4.78, 5) is 29.9. The highest BCUT2D eigenvalue weighted by Crippen LogP contribution is 2.33. The molecule has 23 heavy (non-hydrogen) atoms. The van der Waals surface area contributed by atoms with Crippen molar-refractivity contribution >= 4 is 11.9 Å². The summed E-state index contributed by atoms with van der Waals surface area (Å²) in [7, 11) is 1.46. The topological polar surface area (TPSA) is 89.0 Å². The van der Waals surface area contributed by atoms with Crippen molar-refractivity contribution in [2.75, 3.05) is 26.8 Å². The Morgan fingerprint density at radius 2 is 2.22 bits per heavy atom. The molecule has 0 radical (unpaired) electrons. The number of carboxylic acids is 1. The van der Waals surface area contributed by atoms with E-state index in [9.17, 15) is 14.7 Å². The van der Waals surface area contributed by atoms with Crippen LogP contribution in [-0.2, 0) is 9.53 Å². The Labute approximate surface area is 135 Å². The number of carbonyl (C=O) groups is 2. The van der Waals surface area contributed by atoms with Crippen molar-refractivity contribution in [3.05, 3.63) is 24.0 Å². The molecule has 7 heteroatoms. The van der Waals surface area contributed by atoms with Crippen molar-refractivity contribution in [2.24, 2.45) is 5.41 Å². The Morgan fingerprint density at radius 1 is 1.48 bits per heavy atom. The van der Waals surface area contributed by atoms with Gasteiger partial charge in [0.2, 0.25) is 0 Å². The summed E-state index contributed by atoms with van der Waals surface area (Å²) in [6.45, 7) is 4.26. The van der Waals surface area contributed by atoms with Crippen molar-refractivity contribution in [1.29, 1.82) is 0 Å². The van der Waals surface area contributed by atoms with Crippen molar-refractivity contribution < 1.29 is 24.2 Å². The molecule has 0 spiro atoms. The fourth-order valence-corrected chi connectivity index (χ4v) is 2.73. The monoisotopic (exact) mass is 322 g/mol. The van der Waals surface area contributed by atoms with Gasteiger partial charge in [0.15, 0.2) is 11.4 Å². The van der Waals surface area contributed by atoms with E-state index in [0.29, 0.717) is 18.7 Å². The van der Waals surface area contributed by atoms with Crippen LogP contribution in [-0.4, -0.2) is 59.8 Å². The Balaban J connectivity index is 2.21. The number of methoxy groups -OCH3 is 1. The lowest BCUT2D eigenvalue weighted by atomic mass is 9.88. The first-order valence-corrected chi connectivity index (χ1v) is 7.53. The molecule has 1 atom stereocenters. The second-order valence-electron chi connectivity index (χ2n) is 6.01. The van der Waals surface area contributed by atoms with E-state index < -0.39 is 11.4 Å². The molecule has 126 valence electrons. The van der Waals surface area contributed by atoms with Gasteiger partial charge in [-0.15, -0.1) is 0 Å². The Bertz CT molecular complexity index is 590. The lowest BCUT2D eigenvalue weighted by molar-refractivity contribution is -0.151. The van der Waals surface area contributed by atoms with Gasteiger partial charge in [-0.3, -0.25) is 9.59 Å². The van der Waals surface area contributed by atoms with Crippen LogP contribution in [0.3, 0.4) is 0 Å². The van der Waals surface area contributed by atoms with Crippen LogP contribution in [0.25, 0.3) is 0 Å². The summed E-state index contributed by atoms with van der Waals surface area (Å²) < 4.78 is 10.7. The SMILES string of the molecule is COCC1(C(=O)O)CCN(C(=O)c2ncccc2OC(C)C)C1. The summed E-state index contributed by atoms with van der Waals surface area (Å²) in [5.74, 6) is -0.859. The molecule has 1 saturated heterocycles. The van der Waals surface area contributed by atoms with E-state index in [0.717, 1.165) is 0 Å². The van der Waals surface area contributed by atoms with E-state index in [-0.39, 0.29) is 30.9 Å². The highest BCUT2D eigenvalue weighted by atomic mass is 16.5. The summed E-state index contributed by atoms with van der Waals surface area (Å²) in [6.07, 6.45) is 1.79. The van der Waals surface area contributed by atoms with Gasteiger partial charge >= 0.3 is 5.97 Å². The van der Waals surface area contributed by atoms with Crippen LogP contribution in [0.15, 0.2) is 18.3 Å². The van der Waals surface area contributed by atoms with E-state index in [4.69, 9.17) is 9.47 Å². The average Bonchev–Trinajstić information content (AvgIpc) is 2.92. The molecule has 1 N–H and O–H groups in total. The van der Waals surface area contributed by atoms with Crippen LogP contribution >= 0.6 is 0 Å². The van der Waals surface area contributed by atoms with Crippen molar-refractivity contribution in [3.63, 3.8) is 0 Å². The molecular formula is C16H22N2O5. The van der Waals surface area contributed by atoms with Crippen molar-refractivity contribution in [1.82, 2.24) is 9.88 Å². The molecule has 1 fully saturated rings. The number of nitrogens with zero attached hydrogens (tertiary/aromatic N) is 2. The molecule has 1 aliphatic rings. The Morgan fingerprint density at radius 3 is 2.83 bits per heavy atom. The minimum absolute atomic E-state index is 0.0731. The third kappa shape index (κ3) is 3.61. The average molecular weight is 322 g/mol. The minimum atomic E-state index is -1.06. The molecule has 0 aromatic carbocycles. The van der Waals surface area contributed by atoms with E-state index >= 15 is 0 Å². The van der Waals surface area contributed by atoms with Crippen molar-refractivity contribution in [2.45, 2.75) is 26.4 Å². The molecule has 0 aliphatic carbocycles. The number of aliphatic carboxylic acids is 1. The van der Waals surface area contributed by atoms with Gasteiger partial charge in [0.05, 0.1) is 12.7 Å². The van der Waals surface area contributed by atoms with Gasteiger partial charge in [-0.25, -0.2) is 4.98 Å². The Kier molecular flexibility index (Phi) is 5.20. The number of hydrogen-bond acceptors (Lipinski definition) is 5. The largest absolute Gasteiger partial charge is 0.489 e. The van der Waals surface area contributed by atoms with E-state index in [1.165, 1.54) is 18.2 Å². The van der Waals surface area contributed by atoms with Gasteiger partial charge in [0, 0.05) is 26.4 Å². The van der Waals surface area contributed by atoms with E-state index in [1.54, 1.807) is 12.1 Å². The number of rotatable bonds is 6. The molecule has 1 aromatic rings. The molecule has 1 amide bonds. The first kappa shape index (κ1) is 17.2. The smallest absolute Gasteiger partial charge is 0.313 e. The maximum absolute atomic E-state index is 12.7. The number of hydrogen-bond donors (Lipinski definition) is 1. The molecule has 2 rings (SSSR count). The zero-order valence-corrected chi connectivity index (χ0v) is 13.6. The lowest BCUT2D eigenvalue weighted by Gasteiger charge is -2.24. The number of carbonyl (C=O) groups excluding carboxylic acids is 1. The third-order valence-corrected chi connectivity index (χ3v) is 3.85. The molecule has 0 saturated carbocycles. The van der Waals surface area contributed by atoms with Gasteiger partial charge in [-0.2, -0.15) is 0 Å². The predicted octanol–water partition coefficient (Wildman–Crippen LogP) is 1.43. The Hall–Kier alpha value is -2.15. The normalized spacial score (nSPS) is 20.8. The van der Waals surface area contributed by atoms with Crippen LogP contribution in [0.2, 0.25) is 0 Å². The first-order valence-electron chi connectivity index (χ1n) is 7.53. The van der Waals surface area contributed by atoms with Crippen LogP contribution in [0, 0.1) is 5.41 Å². The number of likely N-dealkylation sites (tertiary alicyclic amines) is 1. The summed E-state index contributed by atoms with van der Waals surface area (Å²) in [6, 6.07) is 3.39. The summed E-state index contributed by atoms with van der Waals surface area (Å²) in [5, 5.41) is 9.48. The third-order valence-electron chi connectivity index (χ3n) is 3.85. The molecule has 1 unspecified atom stereocenters. The van der Waals surface area contributed by atoms with Gasteiger partial charge < -0.3 is 19.5 Å². The molecular weight excluding hydrogens is 300 g/mol. The van der Waals surface area contributed by atoms with Crippen LogP contribution in [0.5, 0.6) is 5.75 Å². The van der Waals surface area contributed by atoms with Crippen molar-refractivity contribution in [3.8, 4) is 5.75 Å². The molecule has 0 bridgehead atoms. The maximum Gasteiger partial charge on any atom is 0.313 e. The lowest BCUT2D eigenvalue weighted by Crippen LogP contribution is -2.40. The van der Waals surface area contributed by atoms with E-state index in [1.807, 2.05) is 13.8 Å². The van der Waals surface area contributed by atoms with Gasteiger partial charge in [0.1, 0.15) is 5.41 Å². The summed E-state index contributed by atoms with van der Waals surface area (Å²) >= 11 is 0. The first-order chi connectivity index (χ1) is 10.9. The maximum atomic E-state index is 12.7. The van der Waals surface area contributed by atoms with Crippen LogP contribution in [0.4, 0.5) is 0 Å². The quantitative estimate of drug-likeness (QED) is 0.852. The zero-order valence-electron chi connectivity index (χ0n) is 13.6. The van der Waals surface area contributed by atoms with Gasteiger partial charge in [-0.1, -0.05) is 0 Å². The zero-order chi connectivity index (χ0) is 17.0. The van der Waals surface area contributed by atoms with E-state index in [2.05, 4.69) is 4.98 Å². The van der Waals surface area contributed by atoms with Crippen LogP contribution < -0.4 is 4.74 Å². The summed E-state index contributed by atoms with van der Waals surface area (Å²) in [5.41, 5.74) is -0.849. The molecule has 2 heterocycles. The highest BCUT2D eigenvalue weighted by molar-refractivity contribution is 5.95. The standard InChI is InChI=1S/C16H22N2O5/c1-11(2)23-12-5-4-7-17-13(12)14(19)18-8-6-16(9-18,10-22-3)15(20)21/h4-5,7,11H,6,8-10H2,1-3H3,(H,20,21). The van der Waals surface area contributed by atoms with Gasteiger partial charge in [-0.05, 0) is 32.4 Å². The highest BCUT2D eigenvalue weighted by Gasteiger charge is 2.47. The molecule has 1 aromatic heterocycles. The fourth-order valence-electron chi connectivity index (χ4n) is 2.73. The number of pyridine rings is 1. The number of carboxylic acid groups (broad SMARTS) is 1. The molecule has 7 nitrogen and oxygen atoms in total. The fraction of sp³-hybridized carbons (Fsp3) is 0.562. The second kappa shape index (κ2) is 6.95. The number of ether oxygens (including phenoxy) is 2. The predicted molar refractivity (Wildman–Crippen MR) is 82.5 cm³/mol. The minimum Gasteiger partial charge on any atom is -0.489 e. The number of amides is 1.